The van der Waals surface area contributed by atoms with Crippen molar-refractivity contribution in [3.05, 3.63) is 77.4 Å². The molecule has 3 aromatic carbocycles. The molecule has 0 aliphatic carbocycles. The number of piperidine rings is 1. The Morgan fingerprint density at radius 3 is 2.53 bits per heavy atom. The number of aliphatic hydroxyl groups is 2. The van der Waals surface area contributed by atoms with E-state index in [1.54, 1.807) is 0 Å². The molecule has 2 unspecified atom stereocenters. The maximum Gasteiger partial charge on any atom is 0.133 e. The van der Waals surface area contributed by atoms with E-state index in [2.05, 4.69) is 30.0 Å². The summed E-state index contributed by atoms with van der Waals surface area (Å²) in [6.45, 7) is 4.40. The van der Waals surface area contributed by atoms with Crippen LogP contribution in [0.5, 0.6) is 5.75 Å². The number of fused-ring (bicyclic) bond motifs is 3. The summed E-state index contributed by atoms with van der Waals surface area (Å²) in [5, 5.41) is 23.7. The van der Waals surface area contributed by atoms with Crippen molar-refractivity contribution in [2.75, 3.05) is 19.6 Å². The number of ether oxygens (including phenoxy) is 1. The molecule has 5 rings (SSSR count). The molecule has 0 aromatic heterocycles. The molecule has 2 heterocycles. The summed E-state index contributed by atoms with van der Waals surface area (Å²) in [5.74, 6) is 0.847. The van der Waals surface area contributed by atoms with Crippen LogP contribution < -0.4 is 4.74 Å². The molecule has 156 valence electrons. The van der Waals surface area contributed by atoms with E-state index in [9.17, 15) is 10.2 Å². The zero-order chi connectivity index (χ0) is 20.7. The Balaban J connectivity index is 1.30. The molecule has 2 atom stereocenters. The summed E-state index contributed by atoms with van der Waals surface area (Å²) in [5.41, 5.74) is 2.73. The van der Waals surface area contributed by atoms with Crippen LogP contribution >= 0.6 is 0 Å². The van der Waals surface area contributed by atoms with Gasteiger partial charge in [-0.05, 0) is 30.7 Å². The first kappa shape index (κ1) is 19.6. The summed E-state index contributed by atoms with van der Waals surface area (Å²) in [7, 11) is 0. The van der Waals surface area contributed by atoms with Crippen LogP contribution in [0.15, 0.2) is 60.7 Å². The Kier molecular flexibility index (Phi) is 5.02. The molecular weight excluding hydrogens is 374 g/mol. The van der Waals surface area contributed by atoms with Crippen molar-refractivity contribution in [1.82, 2.24) is 4.90 Å². The fourth-order valence-corrected chi connectivity index (χ4v) is 4.94. The largest absolute Gasteiger partial charge is 0.486 e. The molecule has 2 aliphatic rings. The molecule has 1 saturated heterocycles. The van der Waals surface area contributed by atoms with Crippen LogP contribution in [0.3, 0.4) is 0 Å². The molecule has 1 fully saturated rings. The smallest absolute Gasteiger partial charge is 0.133 e. The molecule has 0 radical (unpaired) electrons. The predicted octanol–water partition coefficient (Wildman–Crippen LogP) is 4.53. The van der Waals surface area contributed by atoms with Crippen LogP contribution in [-0.4, -0.2) is 40.3 Å². The van der Waals surface area contributed by atoms with E-state index in [-0.39, 0.29) is 5.60 Å². The molecule has 30 heavy (non-hydrogen) atoms. The van der Waals surface area contributed by atoms with Crippen LogP contribution in [0.1, 0.15) is 48.2 Å². The van der Waals surface area contributed by atoms with Crippen LogP contribution in [0.2, 0.25) is 0 Å². The zero-order valence-corrected chi connectivity index (χ0v) is 17.4. The van der Waals surface area contributed by atoms with Crippen molar-refractivity contribution < 1.29 is 14.9 Å². The second kappa shape index (κ2) is 7.69. The van der Waals surface area contributed by atoms with Gasteiger partial charge in [0, 0.05) is 37.0 Å². The van der Waals surface area contributed by atoms with E-state index in [0.717, 1.165) is 53.6 Å². The topological polar surface area (TPSA) is 52.9 Å². The first-order valence-corrected chi connectivity index (χ1v) is 10.9. The van der Waals surface area contributed by atoms with Gasteiger partial charge in [-0.2, -0.15) is 0 Å². The first-order chi connectivity index (χ1) is 14.5. The molecule has 4 nitrogen and oxygen atoms in total. The Morgan fingerprint density at radius 2 is 1.77 bits per heavy atom. The molecule has 4 heteroatoms. The minimum atomic E-state index is -0.497. The second-order valence-corrected chi connectivity index (χ2v) is 8.94. The van der Waals surface area contributed by atoms with Gasteiger partial charge in [-0.15, -0.1) is 0 Å². The molecular formula is C26H29NO3. The van der Waals surface area contributed by atoms with Gasteiger partial charge in [-0.25, -0.2) is 0 Å². The molecule has 0 bridgehead atoms. The van der Waals surface area contributed by atoms with E-state index in [4.69, 9.17) is 4.74 Å². The lowest BCUT2D eigenvalue weighted by molar-refractivity contribution is -0.0577. The van der Waals surface area contributed by atoms with Crippen LogP contribution in [-0.2, 0) is 0 Å². The summed E-state index contributed by atoms with van der Waals surface area (Å²) in [6.07, 6.45) is 1.36. The third kappa shape index (κ3) is 3.60. The van der Waals surface area contributed by atoms with Crippen molar-refractivity contribution in [3.63, 3.8) is 0 Å². The number of β-amino-alcohol motifs (C(OH)–C–C–N with tert-alkyl or cyclic N) is 1. The number of benzene rings is 3. The number of hydrogen-bond donors (Lipinski definition) is 2. The number of aryl methyl sites for hydroxylation is 1. The fourth-order valence-electron chi connectivity index (χ4n) is 4.94. The van der Waals surface area contributed by atoms with Crippen molar-refractivity contribution in [2.24, 2.45) is 0 Å². The molecule has 0 amide bonds. The lowest BCUT2D eigenvalue weighted by Crippen LogP contribution is -2.51. The van der Waals surface area contributed by atoms with Crippen molar-refractivity contribution in [3.8, 4) is 5.75 Å². The maximum absolute atomic E-state index is 10.9. The van der Waals surface area contributed by atoms with Gasteiger partial charge in [0.1, 0.15) is 11.4 Å². The molecule has 2 aliphatic heterocycles. The lowest BCUT2D eigenvalue weighted by atomic mass is 9.81. The molecule has 1 spiro atoms. The van der Waals surface area contributed by atoms with Gasteiger partial charge < -0.3 is 19.8 Å². The highest BCUT2D eigenvalue weighted by Gasteiger charge is 2.43. The highest BCUT2D eigenvalue weighted by molar-refractivity contribution is 5.90. The SMILES string of the molecule is Cc1ccc(C(O)CN2CCC3(CC2)CC(O)c2ccc4ccccc4c2O3)cc1. The summed E-state index contributed by atoms with van der Waals surface area (Å²) < 4.78 is 6.65. The van der Waals surface area contributed by atoms with E-state index in [0.29, 0.717) is 13.0 Å². The Morgan fingerprint density at radius 1 is 1.03 bits per heavy atom. The zero-order valence-electron chi connectivity index (χ0n) is 17.4. The van der Waals surface area contributed by atoms with E-state index in [1.807, 2.05) is 42.5 Å². The average Bonchev–Trinajstić information content (AvgIpc) is 2.76. The fraction of sp³-hybridized carbons (Fsp3) is 0.385. The Bertz CT molecular complexity index is 1040. The number of hydrogen-bond acceptors (Lipinski definition) is 4. The highest BCUT2D eigenvalue weighted by Crippen LogP contribution is 2.47. The van der Waals surface area contributed by atoms with Crippen LogP contribution in [0.4, 0.5) is 0 Å². The van der Waals surface area contributed by atoms with Crippen LogP contribution in [0, 0.1) is 6.92 Å². The standard InChI is InChI=1S/C26H29NO3/c1-18-6-8-20(9-7-18)24(29)17-27-14-12-26(13-15-27)16-23(28)22-11-10-19-4-2-3-5-21(19)25(22)30-26/h2-11,23-24,28-29H,12-17H2,1H3. The van der Waals surface area contributed by atoms with Gasteiger partial charge in [0.2, 0.25) is 0 Å². The third-order valence-corrected chi connectivity index (χ3v) is 6.81. The molecule has 3 aromatic rings. The highest BCUT2D eigenvalue weighted by atomic mass is 16.5. The van der Waals surface area contributed by atoms with E-state index < -0.39 is 12.2 Å². The van der Waals surface area contributed by atoms with Crippen molar-refractivity contribution in [1.29, 1.82) is 0 Å². The van der Waals surface area contributed by atoms with E-state index >= 15 is 0 Å². The Labute approximate surface area is 177 Å². The number of aliphatic hydroxyl groups excluding tert-OH is 2. The lowest BCUT2D eigenvalue weighted by Gasteiger charge is -2.46. The van der Waals surface area contributed by atoms with Gasteiger partial charge in [0.25, 0.3) is 0 Å². The molecule has 0 saturated carbocycles. The summed E-state index contributed by atoms with van der Waals surface area (Å²) in [6, 6.07) is 20.4. The van der Waals surface area contributed by atoms with Gasteiger partial charge in [0.15, 0.2) is 0 Å². The quantitative estimate of drug-likeness (QED) is 0.675. The number of rotatable bonds is 3. The van der Waals surface area contributed by atoms with Crippen molar-refractivity contribution >= 4 is 10.8 Å². The van der Waals surface area contributed by atoms with Gasteiger partial charge in [0.05, 0.1) is 12.2 Å². The number of nitrogens with zero attached hydrogens (tertiary/aromatic N) is 1. The minimum absolute atomic E-state index is 0.331. The predicted molar refractivity (Wildman–Crippen MR) is 119 cm³/mol. The summed E-state index contributed by atoms with van der Waals surface area (Å²) in [4.78, 5) is 2.31. The van der Waals surface area contributed by atoms with Crippen LogP contribution in [0.25, 0.3) is 10.8 Å². The van der Waals surface area contributed by atoms with Crippen molar-refractivity contribution in [2.45, 2.75) is 44.0 Å². The monoisotopic (exact) mass is 403 g/mol. The summed E-state index contributed by atoms with van der Waals surface area (Å²) >= 11 is 0. The number of likely N-dealkylation sites (tertiary alicyclic amines) is 1. The normalized spacial score (nSPS) is 21.9. The minimum Gasteiger partial charge on any atom is -0.486 e. The van der Waals surface area contributed by atoms with Gasteiger partial charge >= 0.3 is 0 Å². The molecule has 2 N–H and O–H groups in total. The average molecular weight is 404 g/mol. The Hall–Kier alpha value is -2.40. The second-order valence-electron chi connectivity index (χ2n) is 8.94. The maximum atomic E-state index is 10.9. The first-order valence-electron chi connectivity index (χ1n) is 10.9. The van der Waals surface area contributed by atoms with Gasteiger partial charge in [-0.1, -0.05) is 66.2 Å². The third-order valence-electron chi connectivity index (χ3n) is 6.81. The van der Waals surface area contributed by atoms with E-state index in [1.165, 1.54) is 5.56 Å². The van der Waals surface area contributed by atoms with Gasteiger partial charge in [-0.3, -0.25) is 0 Å².